The van der Waals surface area contributed by atoms with Gasteiger partial charge in [-0.15, -0.1) is 0 Å². The highest BCUT2D eigenvalue weighted by Crippen LogP contribution is 2.14. The van der Waals surface area contributed by atoms with Crippen LogP contribution in [0.3, 0.4) is 0 Å². The van der Waals surface area contributed by atoms with Crippen LogP contribution in [-0.2, 0) is 14.3 Å². The minimum atomic E-state index is -0.547. The molecule has 6 heteroatoms. The van der Waals surface area contributed by atoms with Crippen molar-refractivity contribution < 1.29 is 18.7 Å². The van der Waals surface area contributed by atoms with Crippen molar-refractivity contribution >= 4 is 17.6 Å². The van der Waals surface area contributed by atoms with Gasteiger partial charge in [0.05, 0.1) is 6.42 Å². The maximum absolute atomic E-state index is 12.8. The highest BCUT2D eigenvalue weighted by Gasteiger charge is 2.32. The number of morpholine rings is 1. The normalized spacial score (nSPS) is 19.5. The van der Waals surface area contributed by atoms with E-state index in [2.05, 4.69) is 5.32 Å². The molecule has 1 aliphatic heterocycles. The number of rotatable bonds is 4. The van der Waals surface area contributed by atoms with Gasteiger partial charge in [0.2, 0.25) is 5.91 Å². The number of likely N-dealkylation sites (N-methyl/N-ethyl adjacent to an activating group) is 1. The molecular weight excluding hydrogens is 263 g/mol. The van der Waals surface area contributed by atoms with Crippen LogP contribution in [0.5, 0.6) is 0 Å². The highest BCUT2D eigenvalue weighted by atomic mass is 19.1. The lowest BCUT2D eigenvalue weighted by atomic mass is 10.1. The molecule has 108 valence electrons. The molecule has 1 N–H and O–H groups in total. The lowest BCUT2D eigenvalue weighted by Gasteiger charge is -2.32. The van der Waals surface area contributed by atoms with Gasteiger partial charge in [-0.05, 0) is 30.8 Å². The Hall–Kier alpha value is -1.95. The van der Waals surface area contributed by atoms with Gasteiger partial charge in [0.25, 0.3) is 0 Å². The Morgan fingerprint density at radius 2 is 2.15 bits per heavy atom. The number of nitrogens with zero attached hydrogens (tertiary/aromatic N) is 1. The minimum absolute atomic E-state index is 0.0318. The molecule has 1 saturated heterocycles. The van der Waals surface area contributed by atoms with Gasteiger partial charge in [0.1, 0.15) is 18.5 Å². The van der Waals surface area contributed by atoms with Crippen molar-refractivity contribution in [2.24, 2.45) is 0 Å². The van der Waals surface area contributed by atoms with E-state index in [4.69, 9.17) is 4.74 Å². The van der Waals surface area contributed by atoms with E-state index in [0.717, 1.165) is 0 Å². The average molecular weight is 280 g/mol. The van der Waals surface area contributed by atoms with Crippen molar-refractivity contribution in [3.63, 3.8) is 0 Å². The van der Waals surface area contributed by atoms with Crippen molar-refractivity contribution in [2.45, 2.75) is 19.4 Å². The van der Waals surface area contributed by atoms with E-state index in [9.17, 15) is 14.0 Å². The van der Waals surface area contributed by atoms with E-state index in [1.807, 2.05) is 11.8 Å². The lowest BCUT2D eigenvalue weighted by Crippen LogP contribution is -2.50. The Morgan fingerprint density at radius 3 is 2.80 bits per heavy atom. The lowest BCUT2D eigenvalue weighted by molar-refractivity contribution is -0.158. The van der Waals surface area contributed by atoms with Gasteiger partial charge in [-0.3, -0.25) is 14.5 Å². The molecule has 1 unspecified atom stereocenters. The van der Waals surface area contributed by atoms with Crippen LogP contribution in [0.4, 0.5) is 10.1 Å². The number of nitrogens with one attached hydrogen (secondary N) is 1. The first-order chi connectivity index (χ1) is 9.60. The highest BCUT2D eigenvalue weighted by molar-refractivity contribution is 5.94. The van der Waals surface area contributed by atoms with Crippen molar-refractivity contribution in [3.8, 4) is 0 Å². The standard InChI is InChI=1S/C14H17FN2O3/c1-2-17-7-8-20-14(19)12(17)9-13(18)16-11-5-3-10(15)4-6-11/h3-6,12H,2,7-9H2,1H3,(H,16,18). The van der Waals surface area contributed by atoms with Gasteiger partial charge in [-0.2, -0.15) is 0 Å². The largest absolute Gasteiger partial charge is 0.463 e. The number of cyclic esters (lactones) is 1. The molecule has 1 heterocycles. The summed E-state index contributed by atoms with van der Waals surface area (Å²) in [6.45, 7) is 3.62. The third-order valence-electron chi connectivity index (χ3n) is 3.25. The summed E-state index contributed by atoms with van der Waals surface area (Å²) in [4.78, 5) is 25.5. The first-order valence-corrected chi connectivity index (χ1v) is 6.56. The fraction of sp³-hybridized carbons (Fsp3) is 0.429. The summed E-state index contributed by atoms with van der Waals surface area (Å²) < 4.78 is 17.7. The monoisotopic (exact) mass is 280 g/mol. The van der Waals surface area contributed by atoms with E-state index in [0.29, 0.717) is 25.4 Å². The van der Waals surface area contributed by atoms with Gasteiger partial charge < -0.3 is 10.1 Å². The number of anilines is 1. The molecular formula is C14H17FN2O3. The summed E-state index contributed by atoms with van der Waals surface area (Å²) in [6.07, 6.45) is 0.0318. The molecule has 1 amide bonds. The Morgan fingerprint density at radius 1 is 1.45 bits per heavy atom. The van der Waals surface area contributed by atoms with Crippen molar-refractivity contribution in [1.29, 1.82) is 0 Å². The summed E-state index contributed by atoms with van der Waals surface area (Å²) >= 11 is 0. The molecule has 0 saturated carbocycles. The zero-order valence-electron chi connectivity index (χ0n) is 11.3. The number of carbonyl (C=O) groups excluding carboxylic acids is 2. The fourth-order valence-corrected chi connectivity index (χ4v) is 2.18. The third kappa shape index (κ3) is 3.54. The fourth-order valence-electron chi connectivity index (χ4n) is 2.18. The molecule has 1 fully saturated rings. The summed E-state index contributed by atoms with van der Waals surface area (Å²) in [5, 5.41) is 2.64. The number of carbonyl (C=O) groups is 2. The predicted molar refractivity (Wildman–Crippen MR) is 71.6 cm³/mol. The molecule has 0 radical (unpaired) electrons. The minimum Gasteiger partial charge on any atom is -0.463 e. The van der Waals surface area contributed by atoms with Crippen LogP contribution in [0.1, 0.15) is 13.3 Å². The number of benzene rings is 1. The summed E-state index contributed by atoms with van der Waals surface area (Å²) in [7, 11) is 0. The van der Waals surface area contributed by atoms with Crippen molar-refractivity contribution in [2.75, 3.05) is 25.0 Å². The molecule has 0 spiro atoms. The van der Waals surface area contributed by atoms with E-state index in [-0.39, 0.29) is 24.1 Å². The van der Waals surface area contributed by atoms with Gasteiger partial charge in [0, 0.05) is 12.2 Å². The number of hydrogen-bond acceptors (Lipinski definition) is 4. The Kier molecular flexibility index (Phi) is 4.68. The van der Waals surface area contributed by atoms with Crippen molar-refractivity contribution in [3.05, 3.63) is 30.1 Å². The van der Waals surface area contributed by atoms with Crippen LogP contribution in [0.15, 0.2) is 24.3 Å². The number of hydrogen-bond donors (Lipinski definition) is 1. The zero-order valence-corrected chi connectivity index (χ0v) is 11.3. The number of amides is 1. The quantitative estimate of drug-likeness (QED) is 0.847. The number of ether oxygens (including phenoxy) is 1. The van der Waals surface area contributed by atoms with Gasteiger partial charge >= 0.3 is 5.97 Å². The second-order valence-corrected chi connectivity index (χ2v) is 4.57. The van der Waals surface area contributed by atoms with Crippen LogP contribution in [0, 0.1) is 5.82 Å². The zero-order chi connectivity index (χ0) is 14.5. The smallest absolute Gasteiger partial charge is 0.323 e. The second-order valence-electron chi connectivity index (χ2n) is 4.57. The van der Waals surface area contributed by atoms with Crippen LogP contribution >= 0.6 is 0 Å². The number of esters is 1. The van der Waals surface area contributed by atoms with Gasteiger partial charge in [-0.1, -0.05) is 6.92 Å². The van der Waals surface area contributed by atoms with E-state index >= 15 is 0 Å². The van der Waals surface area contributed by atoms with Crippen molar-refractivity contribution in [1.82, 2.24) is 4.90 Å². The van der Waals surface area contributed by atoms with E-state index < -0.39 is 6.04 Å². The van der Waals surface area contributed by atoms with E-state index in [1.54, 1.807) is 0 Å². The summed E-state index contributed by atoms with van der Waals surface area (Å²) in [5.41, 5.74) is 0.503. The maximum Gasteiger partial charge on any atom is 0.323 e. The molecule has 1 aromatic rings. The molecule has 1 aliphatic rings. The van der Waals surface area contributed by atoms with Crippen LogP contribution in [-0.4, -0.2) is 42.5 Å². The topological polar surface area (TPSA) is 58.6 Å². The second kappa shape index (κ2) is 6.47. The molecule has 2 rings (SSSR count). The predicted octanol–water partition coefficient (Wildman–Crippen LogP) is 1.40. The SMILES string of the molecule is CCN1CCOC(=O)C1CC(=O)Nc1ccc(F)cc1. The molecule has 1 atom stereocenters. The molecule has 0 aliphatic carbocycles. The molecule has 20 heavy (non-hydrogen) atoms. The number of halogens is 1. The molecule has 0 aromatic heterocycles. The first kappa shape index (κ1) is 14.5. The first-order valence-electron chi connectivity index (χ1n) is 6.56. The Balaban J connectivity index is 1.95. The average Bonchev–Trinajstić information content (AvgIpc) is 2.43. The van der Waals surface area contributed by atoms with Crippen LogP contribution < -0.4 is 5.32 Å². The summed E-state index contributed by atoms with van der Waals surface area (Å²) in [6, 6.07) is 4.94. The Labute approximate surface area is 116 Å². The van der Waals surface area contributed by atoms with Crippen LogP contribution in [0.25, 0.3) is 0 Å². The maximum atomic E-state index is 12.8. The molecule has 1 aromatic carbocycles. The van der Waals surface area contributed by atoms with Crippen LogP contribution in [0.2, 0.25) is 0 Å². The van der Waals surface area contributed by atoms with E-state index in [1.165, 1.54) is 24.3 Å². The molecule has 0 bridgehead atoms. The van der Waals surface area contributed by atoms with Gasteiger partial charge in [0.15, 0.2) is 0 Å². The molecule has 5 nitrogen and oxygen atoms in total. The third-order valence-corrected chi connectivity index (χ3v) is 3.25. The van der Waals surface area contributed by atoms with Gasteiger partial charge in [-0.25, -0.2) is 4.39 Å². The Bertz CT molecular complexity index is 490. The summed E-state index contributed by atoms with van der Waals surface area (Å²) in [5.74, 6) is -1.03.